The van der Waals surface area contributed by atoms with Crippen LogP contribution in [0.3, 0.4) is 0 Å². The van der Waals surface area contributed by atoms with Crippen LogP contribution in [0, 0.1) is 6.92 Å². The first kappa shape index (κ1) is 16.9. The van der Waals surface area contributed by atoms with Crippen molar-refractivity contribution < 1.29 is 9.59 Å². The molecular weight excluding hydrogens is 367 g/mol. The van der Waals surface area contributed by atoms with Crippen molar-refractivity contribution in [3.8, 4) is 0 Å². The lowest BCUT2D eigenvalue weighted by Gasteiger charge is -2.14. The molecule has 2 amide bonds. The maximum Gasteiger partial charge on any atom is 0.290 e. The molecular formula is C17H12Cl2N2O2S. The van der Waals surface area contributed by atoms with Gasteiger partial charge in [0.15, 0.2) is 0 Å². The number of imide groups is 1. The number of carbonyl (C=O) groups excluding carboxylic acids is 2. The second-order valence-corrected chi connectivity index (χ2v) is 6.92. The van der Waals surface area contributed by atoms with E-state index in [1.54, 1.807) is 12.1 Å². The summed E-state index contributed by atoms with van der Waals surface area (Å²) in [7, 11) is 0. The minimum absolute atomic E-state index is 0.343. The minimum atomic E-state index is -0.397. The van der Waals surface area contributed by atoms with Crippen LogP contribution in [-0.2, 0) is 4.79 Å². The van der Waals surface area contributed by atoms with Crippen LogP contribution < -0.4 is 10.6 Å². The molecule has 0 atom stereocenters. The molecule has 7 heteroatoms. The Morgan fingerprint density at radius 3 is 2.58 bits per heavy atom. The predicted molar refractivity (Wildman–Crippen MR) is 100 cm³/mol. The molecule has 1 aliphatic heterocycles. The number of hydrogen-bond acceptors (Lipinski definition) is 4. The molecule has 0 unspecified atom stereocenters. The lowest BCUT2D eigenvalue weighted by Crippen LogP contribution is -2.17. The average Bonchev–Trinajstić information content (AvgIpc) is 2.87. The molecule has 122 valence electrons. The van der Waals surface area contributed by atoms with Crippen LogP contribution in [0.2, 0.25) is 10.0 Å². The summed E-state index contributed by atoms with van der Waals surface area (Å²) in [6.45, 7) is 1.89. The summed E-state index contributed by atoms with van der Waals surface area (Å²) in [5.41, 5.74) is 2.98. The molecule has 0 radical (unpaired) electrons. The molecule has 2 aromatic rings. The van der Waals surface area contributed by atoms with Gasteiger partial charge in [0.25, 0.3) is 11.1 Å². The summed E-state index contributed by atoms with van der Waals surface area (Å²) in [5.74, 6) is -0.397. The van der Waals surface area contributed by atoms with Gasteiger partial charge in [0.05, 0.1) is 20.6 Å². The summed E-state index contributed by atoms with van der Waals surface area (Å²) in [5, 5.41) is 6.11. The van der Waals surface area contributed by atoms with Crippen LogP contribution in [0.4, 0.5) is 16.2 Å². The first-order chi connectivity index (χ1) is 11.5. The SMILES string of the molecule is Cc1ccc(Cl)c(Nc2ccccc2C=C2SC(=O)NC2=O)c1Cl. The molecule has 0 bridgehead atoms. The molecule has 3 rings (SSSR count). The van der Waals surface area contributed by atoms with Gasteiger partial charge in [0, 0.05) is 5.69 Å². The summed E-state index contributed by atoms with van der Waals surface area (Å²) in [4.78, 5) is 23.4. The molecule has 0 aromatic heterocycles. The molecule has 1 saturated heterocycles. The van der Waals surface area contributed by atoms with Gasteiger partial charge in [-0.2, -0.15) is 0 Å². The van der Waals surface area contributed by atoms with Crippen molar-refractivity contribution in [2.45, 2.75) is 6.92 Å². The lowest BCUT2D eigenvalue weighted by molar-refractivity contribution is -0.115. The zero-order valence-electron chi connectivity index (χ0n) is 12.5. The van der Waals surface area contributed by atoms with Gasteiger partial charge in [0.1, 0.15) is 0 Å². The zero-order chi connectivity index (χ0) is 17.3. The van der Waals surface area contributed by atoms with E-state index in [2.05, 4.69) is 10.6 Å². The van der Waals surface area contributed by atoms with Crippen molar-refractivity contribution in [3.05, 3.63) is 62.5 Å². The molecule has 1 aliphatic rings. The van der Waals surface area contributed by atoms with Crippen LogP contribution in [0.15, 0.2) is 41.3 Å². The second kappa shape index (κ2) is 6.89. The van der Waals surface area contributed by atoms with Crippen molar-refractivity contribution in [3.63, 3.8) is 0 Å². The Balaban J connectivity index is 2.00. The number of thioether (sulfide) groups is 1. The molecule has 0 spiro atoms. The predicted octanol–water partition coefficient (Wildman–Crippen LogP) is 5.37. The number of aryl methyl sites for hydroxylation is 1. The van der Waals surface area contributed by atoms with Gasteiger partial charge < -0.3 is 5.32 Å². The van der Waals surface area contributed by atoms with Gasteiger partial charge in [-0.1, -0.05) is 47.5 Å². The van der Waals surface area contributed by atoms with E-state index in [1.807, 2.05) is 37.3 Å². The molecule has 24 heavy (non-hydrogen) atoms. The molecule has 4 nitrogen and oxygen atoms in total. The highest BCUT2D eigenvalue weighted by molar-refractivity contribution is 8.18. The van der Waals surface area contributed by atoms with Gasteiger partial charge in [0.2, 0.25) is 0 Å². The number of para-hydroxylation sites is 1. The Kier molecular flexibility index (Phi) is 4.85. The normalized spacial score (nSPS) is 15.7. The summed E-state index contributed by atoms with van der Waals surface area (Å²) < 4.78 is 0. The molecule has 1 heterocycles. The van der Waals surface area contributed by atoms with Gasteiger partial charge >= 0.3 is 0 Å². The Bertz CT molecular complexity index is 881. The van der Waals surface area contributed by atoms with Crippen molar-refractivity contribution in [2.75, 3.05) is 5.32 Å². The number of halogens is 2. The highest BCUT2D eigenvalue weighted by Gasteiger charge is 2.25. The van der Waals surface area contributed by atoms with E-state index in [4.69, 9.17) is 23.2 Å². The van der Waals surface area contributed by atoms with Gasteiger partial charge in [-0.25, -0.2) is 0 Å². The second-order valence-electron chi connectivity index (χ2n) is 5.12. The average molecular weight is 379 g/mol. The van der Waals surface area contributed by atoms with Gasteiger partial charge in [-0.3, -0.25) is 14.9 Å². The highest BCUT2D eigenvalue weighted by Crippen LogP contribution is 2.36. The topological polar surface area (TPSA) is 58.2 Å². The summed E-state index contributed by atoms with van der Waals surface area (Å²) in [6.07, 6.45) is 1.66. The highest BCUT2D eigenvalue weighted by atomic mass is 35.5. The number of hydrogen-bond donors (Lipinski definition) is 2. The van der Waals surface area contributed by atoms with E-state index in [0.29, 0.717) is 20.6 Å². The van der Waals surface area contributed by atoms with Gasteiger partial charge in [-0.05, 0) is 48.0 Å². The number of benzene rings is 2. The van der Waals surface area contributed by atoms with Crippen molar-refractivity contribution in [1.82, 2.24) is 5.32 Å². The van der Waals surface area contributed by atoms with E-state index in [9.17, 15) is 9.59 Å². The first-order valence-electron chi connectivity index (χ1n) is 7.01. The maximum absolute atomic E-state index is 11.7. The molecule has 1 fully saturated rings. The van der Waals surface area contributed by atoms with E-state index in [-0.39, 0.29) is 5.24 Å². The Hall–Kier alpha value is -1.95. The monoisotopic (exact) mass is 378 g/mol. The fraction of sp³-hybridized carbons (Fsp3) is 0.0588. The van der Waals surface area contributed by atoms with Crippen molar-refractivity contribution in [1.29, 1.82) is 0 Å². The quantitative estimate of drug-likeness (QED) is 0.704. The third kappa shape index (κ3) is 3.43. The van der Waals surface area contributed by atoms with E-state index in [0.717, 1.165) is 28.6 Å². The number of amides is 2. The van der Waals surface area contributed by atoms with Crippen molar-refractivity contribution >= 4 is 63.6 Å². The number of anilines is 2. The van der Waals surface area contributed by atoms with Crippen LogP contribution in [-0.4, -0.2) is 11.1 Å². The smallest absolute Gasteiger partial charge is 0.290 e. The van der Waals surface area contributed by atoms with E-state index < -0.39 is 5.91 Å². The fourth-order valence-electron chi connectivity index (χ4n) is 2.20. The van der Waals surface area contributed by atoms with E-state index >= 15 is 0 Å². The summed E-state index contributed by atoms with van der Waals surface area (Å²) in [6, 6.07) is 11.0. The fourth-order valence-corrected chi connectivity index (χ4v) is 3.34. The van der Waals surface area contributed by atoms with Crippen LogP contribution in [0.25, 0.3) is 6.08 Å². The van der Waals surface area contributed by atoms with E-state index in [1.165, 1.54) is 0 Å². The number of carbonyl (C=O) groups is 2. The third-order valence-electron chi connectivity index (χ3n) is 3.43. The van der Waals surface area contributed by atoms with Crippen LogP contribution in [0.1, 0.15) is 11.1 Å². The lowest BCUT2D eigenvalue weighted by atomic mass is 10.1. The minimum Gasteiger partial charge on any atom is -0.353 e. The standard InChI is InChI=1S/C17H12Cl2N2O2S/c1-9-6-7-11(18)15(14(9)19)20-12-5-3-2-4-10(12)8-13-16(22)21-17(23)24-13/h2-8,20H,1H3,(H,21,22,23). The van der Waals surface area contributed by atoms with Crippen LogP contribution in [0.5, 0.6) is 0 Å². The molecule has 2 N–H and O–H groups in total. The Labute approximate surface area is 153 Å². The van der Waals surface area contributed by atoms with Crippen LogP contribution >= 0.6 is 35.0 Å². The first-order valence-corrected chi connectivity index (χ1v) is 8.58. The molecule has 0 aliphatic carbocycles. The maximum atomic E-state index is 11.7. The Morgan fingerprint density at radius 1 is 1.12 bits per heavy atom. The zero-order valence-corrected chi connectivity index (χ0v) is 14.9. The molecule has 0 saturated carbocycles. The largest absolute Gasteiger partial charge is 0.353 e. The number of nitrogens with one attached hydrogen (secondary N) is 2. The van der Waals surface area contributed by atoms with Crippen molar-refractivity contribution in [2.24, 2.45) is 0 Å². The Morgan fingerprint density at radius 2 is 1.88 bits per heavy atom. The summed E-state index contributed by atoms with van der Waals surface area (Å²) >= 11 is 13.5. The number of rotatable bonds is 3. The third-order valence-corrected chi connectivity index (χ3v) is 5.05. The van der Waals surface area contributed by atoms with Gasteiger partial charge in [-0.15, -0.1) is 0 Å². The molecule has 2 aromatic carbocycles.